The Morgan fingerprint density at radius 2 is 1.72 bits per heavy atom. The van der Waals surface area contributed by atoms with E-state index in [1.54, 1.807) is 0 Å². The monoisotopic (exact) mass is 460 g/mol. The van der Waals surface area contributed by atoms with E-state index in [2.05, 4.69) is 59.1 Å². The van der Waals surface area contributed by atoms with Crippen LogP contribution < -0.4 is 16.0 Å². The topological polar surface area (TPSA) is 65.5 Å². The van der Waals surface area contributed by atoms with E-state index < -0.39 is 0 Å². The lowest BCUT2D eigenvalue weighted by Gasteiger charge is -2.11. The number of rotatable bonds is 9. The second-order valence-electron chi connectivity index (χ2n) is 6.17. The molecule has 5 nitrogen and oxygen atoms in total. The number of aryl methyl sites for hydroxylation is 1. The van der Waals surface area contributed by atoms with Crippen LogP contribution in [0.25, 0.3) is 0 Å². The van der Waals surface area contributed by atoms with Gasteiger partial charge in [-0.25, -0.2) is 0 Å². The smallest absolute Gasteiger partial charge is 0.216 e. The maximum atomic E-state index is 10.8. The van der Waals surface area contributed by atoms with Crippen molar-refractivity contribution in [2.45, 2.75) is 46.5 Å². The molecular formula is C19H33IN4O. The predicted octanol–water partition coefficient (Wildman–Crippen LogP) is 3.05. The second-order valence-corrected chi connectivity index (χ2v) is 6.17. The van der Waals surface area contributed by atoms with Gasteiger partial charge in [-0.1, -0.05) is 38.1 Å². The van der Waals surface area contributed by atoms with Gasteiger partial charge in [0.15, 0.2) is 5.96 Å². The van der Waals surface area contributed by atoms with Gasteiger partial charge in [-0.05, 0) is 36.8 Å². The number of carbonyl (C=O) groups is 1. The molecule has 0 unspecified atom stereocenters. The second kappa shape index (κ2) is 13.9. The van der Waals surface area contributed by atoms with Gasteiger partial charge >= 0.3 is 0 Å². The molecule has 0 fully saturated rings. The van der Waals surface area contributed by atoms with Crippen LogP contribution in [0.2, 0.25) is 0 Å². The molecule has 1 amide bonds. The minimum absolute atomic E-state index is 0. The van der Waals surface area contributed by atoms with Crippen molar-refractivity contribution in [2.75, 3.05) is 26.2 Å². The summed E-state index contributed by atoms with van der Waals surface area (Å²) in [5.41, 5.74) is 2.74. The molecule has 1 aromatic carbocycles. The Hall–Kier alpha value is -1.31. The summed E-state index contributed by atoms with van der Waals surface area (Å²) >= 11 is 0. The average molecular weight is 460 g/mol. The summed E-state index contributed by atoms with van der Waals surface area (Å²) in [6.07, 6.45) is 2.05. The number of guanidine groups is 1. The number of carbonyl (C=O) groups excluding carboxylic acids is 1. The van der Waals surface area contributed by atoms with E-state index in [4.69, 9.17) is 0 Å². The molecule has 6 heteroatoms. The van der Waals surface area contributed by atoms with E-state index in [-0.39, 0.29) is 29.9 Å². The SMILES string of the molecule is CCNC(=NCCCc1ccc(C(C)C)cc1)NCCNC(C)=O.I. The Labute approximate surface area is 169 Å². The van der Waals surface area contributed by atoms with Gasteiger partial charge in [-0.3, -0.25) is 9.79 Å². The lowest BCUT2D eigenvalue weighted by atomic mass is 10.0. The van der Waals surface area contributed by atoms with Gasteiger partial charge in [0, 0.05) is 33.1 Å². The number of hydrogen-bond acceptors (Lipinski definition) is 2. The fraction of sp³-hybridized carbons (Fsp3) is 0.579. The fourth-order valence-corrected chi connectivity index (χ4v) is 2.30. The molecule has 0 aliphatic carbocycles. The molecule has 1 rings (SSSR count). The zero-order chi connectivity index (χ0) is 17.8. The van der Waals surface area contributed by atoms with Crippen molar-refractivity contribution >= 4 is 35.8 Å². The highest BCUT2D eigenvalue weighted by Gasteiger charge is 2.00. The first kappa shape index (κ1) is 23.7. The van der Waals surface area contributed by atoms with Gasteiger partial charge < -0.3 is 16.0 Å². The molecule has 0 saturated carbocycles. The van der Waals surface area contributed by atoms with E-state index in [9.17, 15) is 4.79 Å². The molecule has 3 N–H and O–H groups in total. The van der Waals surface area contributed by atoms with Crippen molar-refractivity contribution in [3.63, 3.8) is 0 Å². The van der Waals surface area contributed by atoms with Crippen LogP contribution in [0.4, 0.5) is 0 Å². The summed E-state index contributed by atoms with van der Waals surface area (Å²) < 4.78 is 0. The Kier molecular flexibility index (Phi) is 13.2. The van der Waals surface area contributed by atoms with Crippen LogP contribution in [-0.2, 0) is 11.2 Å². The summed E-state index contributed by atoms with van der Waals surface area (Å²) in [5, 5.41) is 9.19. The minimum atomic E-state index is -0.0118. The number of nitrogens with zero attached hydrogens (tertiary/aromatic N) is 1. The zero-order valence-electron chi connectivity index (χ0n) is 15.9. The summed E-state index contributed by atoms with van der Waals surface area (Å²) in [4.78, 5) is 15.4. The lowest BCUT2D eigenvalue weighted by Crippen LogP contribution is -2.41. The highest BCUT2D eigenvalue weighted by Crippen LogP contribution is 2.15. The maximum Gasteiger partial charge on any atom is 0.216 e. The average Bonchev–Trinajstić information content (AvgIpc) is 2.55. The van der Waals surface area contributed by atoms with Gasteiger partial charge in [0.2, 0.25) is 5.91 Å². The van der Waals surface area contributed by atoms with Crippen LogP contribution in [0.15, 0.2) is 29.3 Å². The molecule has 0 spiro atoms. The normalized spacial score (nSPS) is 11.0. The first-order chi connectivity index (χ1) is 11.5. The van der Waals surface area contributed by atoms with E-state index in [1.807, 2.05) is 6.92 Å². The summed E-state index contributed by atoms with van der Waals surface area (Å²) in [7, 11) is 0. The molecule has 0 bridgehead atoms. The van der Waals surface area contributed by atoms with Crippen LogP contribution in [-0.4, -0.2) is 38.0 Å². The number of aliphatic imine (C=N–C) groups is 1. The molecule has 0 aliphatic heterocycles. The van der Waals surface area contributed by atoms with Gasteiger partial charge in [0.25, 0.3) is 0 Å². The van der Waals surface area contributed by atoms with E-state index >= 15 is 0 Å². The Bertz CT molecular complexity index is 515. The molecule has 0 atom stereocenters. The molecule has 25 heavy (non-hydrogen) atoms. The third-order valence-electron chi connectivity index (χ3n) is 3.68. The van der Waals surface area contributed by atoms with Crippen molar-refractivity contribution < 1.29 is 4.79 Å². The Morgan fingerprint density at radius 3 is 2.28 bits per heavy atom. The molecule has 0 saturated heterocycles. The Morgan fingerprint density at radius 1 is 1.08 bits per heavy atom. The standard InChI is InChI=1S/C19H32N4O.HI/c1-5-20-19(23-14-13-21-16(4)24)22-12-6-7-17-8-10-18(11-9-17)15(2)3;/h8-11,15H,5-7,12-14H2,1-4H3,(H,21,24)(H2,20,22,23);1H. The largest absolute Gasteiger partial charge is 0.357 e. The van der Waals surface area contributed by atoms with Crippen LogP contribution in [0.5, 0.6) is 0 Å². The third kappa shape index (κ3) is 11.0. The summed E-state index contributed by atoms with van der Waals surface area (Å²) in [5.74, 6) is 1.37. The van der Waals surface area contributed by atoms with E-state index in [0.29, 0.717) is 19.0 Å². The van der Waals surface area contributed by atoms with Crippen molar-refractivity contribution in [2.24, 2.45) is 4.99 Å². The molecule has 0 aliphatic rings. The van der Waals surface area contributed by atoms with Gasteiger partial charge in [0.1, 0.15) is 0 Å². The molecule has 1 aromatic rings. The summed E-state index contributed by atoms with van der Waals surface area (Å²) in [6, 6.07) is 8.87. The molecule has 142 valence electrons. The quantitative estimate of drug-likeness (QED) is 0.230. The van der Waals surface area contributed by atoms with Gasteiger partial charge in [-0.2, -0.15) is 0 Å². The molecule has 0 radical (unpaired) electrons. The number of benzene rings is 1. The Balaban J connectivity index is 0.00000576. The third-order valence-corrected chi connectivity index (χ3v) is 3.68. The van der Waals surface area contributed by atoms with Crippen LogP contribution in [0.1, 0.15) is 51.2 Å². The number of amides is 1. The molecular weight excluding hydrogens is 427 g/mol. The van der Waals surface area contributed by atoms with Crippen molar-refractivity contribution in [3.05, 3.63) is 35.4 Å². The van der Waals surface area contributed by atoms with Crippen molar-refractivity contribution in [1.82, 2.24) is 16.0 Å². The maximum absolute atomic E-state index is 10.8. The van der Waals surface area contributed by atoms with E-state index in [0.717, 1.165) is 31.9 Å². The van der Waals surface area contributed by atoms with Crippen LogP contribution in [0, 0.1) is 0 Å². The molecule has 0 aromatic heterocycles. The first-order valence-electron chi connectivity index (χ1n) is 8.88. The first-order valence-corrected chi connectivity index (χ1v) is 8.88. The highest BCUT2D eigenvalue weighted by atomic mass is 127. The minimum Gasteiger partial charge on any atom is -0.357 e. The number of halogens is 1. The van der Waals surface area contributed by atoms with Crippen molar-refractivity contribution in [1.29, 1.82) is 0 Å². The fourth-order valence-electron chi connectivity index (χ4n) is 2.30. The van der Waals surface area contributed by atoms with Crippen LogP contribution >= 0.6 is 24.0 Å². The van der Waals surface area contributed by atoms with Gasteiger partial charge in [-0.15, -0.1) is 24.0 Å². The number of nitrogens with one attached hydrogen (secondary N) is 3. The summed E-state index contributed by atoms with van der Waals surface area (Å²) in [6.45, 7) is 10.9. The predicted molar refractivity (Wildman–Crippen MR) is 117 cm³/mol. The molecule has 0 heterocycles. The number of hydrogen-bond donors (Lipinski definition) is 3. The highest BCUT2D eigenvalue weighted by molar-refractivity contribution is 14.0. The zero-order valence-corrected chi connectivity index (χ0v) is 18.2. The lowest BCUT2D eigenvalue weighted by molar-refractivity contribution is -0.118. The van der Waals surface area contributed by atoms with Gasteiger partial charge in [0.05, 0.1) is 0 Å². The van der Waals surface area contributed by atoms with Crippen LogP contribution in [0.3, 0.4) is 0 Å². The van der Waals surface area contributed by atoms with E-state index in [1.165, 1.54) is 18.1 Å². The van der Waals surface area contributed by atoms with Crippen molar-refractivity contribution in [3.8, 4) is 0 Å².